The number of thiophene rings is 1. The Kier molecular flexibility index (Phi) is 5.15. The SMILES string of the molecule is COc1ccc(/C=C2/N=C(c3sc4cc([N+](=O)[O-])ccc4c3Cl)OC2=O)cc1OC. The average molecular weight is 445 g/mol. The zero-order valence-corrected chi connectivity index (χ0v) is 17.2. The molecule has 0 spiro atoms. The molecule has 0 fully saturated rings. The number of cyclic esters (lactones) is 1. The molecule has 0 amide bonds. The molecule has 1 aromatic heterocycles. The van der Waals surface area contributed by atoms with E-state index in [1.807, 2.05) is 0 Å². The third-order valence-electron chi connectivity index (χ3n) is 4.35. The van der Waals surface area contributed by atoms with Crippen LogP contribution >= 0.6 is 22.9 Å². The van der Waals surface area contributed by atoms with Crippen molar-refractivity contribution in [1.82, 2.24) is 0 Å². The van der Waals surface area contributed by atoms with Crippen LogP contribution in [0.2, 0.25) is 5.02 Å². The van der Waals surface area contributed by atoms with Gasteiger partial charge in [-0.3, -0.25) is 10.1 Å². The van der Waals surface area contributed by atoms with E-state index >= 15 is 0 Å². The first-order valence-corrected chi connectivity index (χ1v) is 9.72. The molecule has 2 aromatic carbocycles. The van der Waals surface area contributed by atoms with Gasteiger partial charge in [-0.2, -0.15) is 0 Å². The summed E-state index contributed by atoms with van der Waals surface area (Å²) in [6, 6.07) is 9.53. The zero-order valence-electron chi connectivity index (χ0n) is 15.7. The molecule has 0 saturated carbocycles. The topological polar surface area (TPSA) is 100 Å². The molecular weight excluding hydrogens is 432 g/mol. The first-order chi connectivity index (χ1) is 14.4. The van der Waals surface area contributed by atoms with E-state index in [-0.39, 0.29) is 17.3 Å². The number of fused-ring (bicyclic) bond motifs is 1. The molecule has 8 nitrogen and oxygen atoms in total. The van der Waals surface area contributed by atoms with Crippen molar-refractivity contribution in [3.63, 3.8) is 0 Å². The van der Waals surface area contributed by atoms with Gasteiger partial charge in [0.2, 0.25) is 5.90 Å². The molecule has 10 heteroatoms. The van der Waals surface area contributed by atoms with E-state index in [0.717, 1.165) is 0 Å². The number of ether oxygens (including phenoxy) is 3. The number of benzene rings is 2. The van der Waals surface area contributed by atoms with E-state index in [1.54, 1.807) is 30.3 Å². The fraction of sp³-hybridized carbons (Fsp3) is 0.100. The Morgan fingerprint density at radius 1 is 1.17 bits per heavy atom. The number of nitrogens with zero attached hydrogens (tertiary/aromatic N) is 2. The molecule has 0 atom stereocenters. The molecule has 0 saturated heterocycles. The van der Waals surface area contributed by atoms with Crippen LogP contribution in [0.5, 0.6) is 11.5 Å². The third kappa shape index (κ3) is 3.49. The molecule has 3 aromatic rings. The Labute approximate surface area is 179 Å². The lowest BCUT2D eigenvalue weighted by molar-refractivity contribution is -0.384. The minimum atomic E-state index is -0.626. The molecule has 0 aliphatic carbocycles. The van der Waals surface area contributed by atoms with Crippen molar-refractivity contribution in [1.29, 1.82) is 0 Å². The predicted molar refractivity (Wildman–Crippen MR) is 114 cm³/mol. The van der Waals surface area contributed by atoms with Gasteiger partial charge in [0.15, 0.2) is 17.2 Å². The van der Waals surface area contributed by atoms with Crippen molar-refractivity contribution in [2.24, 2.45) is 4.99 Å². The van der Waals surface area contributed by atoms with Crippen LogP contribution in [0.15, 0.2) is 47.1 Å². The number of carbonyl (C=O) groups excluding carboxylic acids is 1. The molecular formula is C20H13ClN2O6S. The molecule has 30 heavy (non-hydrogen) atoms. The third-order valence-corrected chi connectivity index (χ3v) is 5.99. The van der Waals surface area contributed by atoms with Crippen LogP contribution in [0.4, 0.5) is 5.69 Å². The van der Waals surface area contributed by atoms with Crippen LogP contribution in [0.25, 0.3) is 16.2 Å². The van der Waals surface area contributed by atoms with Crippen molar-refractivity contribution in [2.45, 2.75) is 0 Å². The van der Waals surface area contributed by atoms with Crippen molar-refractivity contribution < 1.29 is 23.9 Å². The number of non-ortho nitro benzene ring substituents is 1. The Morgan fingerprint density at radius 3 is 2.63 bits per heavy atom. The van der Waals surface area contributed by atoms with Gasteiger partial charge in [-0.1, -0.05) is 17.7 Å². The molecule has 4 rings (SSSR count). The number of methoxy groups -OCH3 is 2. The normalized spacial score (nSPS) is 14.7. The van der Waals surface area contributed by atoms with E-state index in [0.29, 0.717) is 37.0 Å². The van der Waals surface area contributed by atoms with Crippen molar-refractivity contribution in [2.75, 3.05) is 14.2 Å². The number of carbonyl (C=O) groups is 1. The number of hydrogen-bond acceptors (Lipinski definition) is 8. The van der Waals surface area contributed by atoms with Crippen molar-refractivity contribution >= 4 is 56.7 Å². The van der Waals surface area contributed by atoms with E-state index < -0.39 is 10.9 Å². The van der Waals surface area contributed by atoms with Crippen LogP contribution in [0.3, 0.4) is 0 Å². The second-order valence-corrected chi connectivity index (χ2v) is 7.56. The summed E-state index contributed by atoms with van der Waals surface area (Å²) >= 11 is 7.58. The van der Waals surface area contributed by atoms with Gasteiger partial charge in [0.05, 0.1) is 24.2 Å². The number of nitro groups is 1. The standard InChI is InChI=1S/C20H13ClN2O6S/c1-27-14-6-3-10(8-15(14)28-2)7-13-20(24)29-19(22-13)18-17(21)12-5-4-11(23(25)26)9-16(12)30-18/h3-9H,1-2H3/b13-7+. The van der Waals surface area contributed by atoms with Crippen LogP contribution in [0.1, 0.15) is 10.4 Å². The van der Waals surface area contributed by atoms with Gasteiger partial charge in [0.25, 0.3) is 5.69 Å². The van der Waals surface area contributed by atoms with Gasteiger partial charge < -0.3 is 14.2 Å². The van der Waals surface area contributed by atoms with Crippen LogP contribution in [0, 0.1) is 10.1 Å². The van der Waals surface area contributed by atoms with Crippen molar-refractivity contribution in [3.05, 3.63) is 67.7 Å². The predicted octanol–water partition coefficient (Wildman–Crippen LogP) is 4.82. The highest BCUT2D eigenvalue weighted by Crippen LogP contribution is 2.39. The lowest BCUT2D eigenvalue weighted by atomic mass is 10.1. The second-order valence-electron chi connectivity index (χ2n) is 6.13. The van der Waals surface area contributed by atoms with Gasteiger partial charge in [0.1, 0.15) is 4.88 Å². The molecule has 1 aliphatic heterocycles. The smallest absolute Gasteiger partial charge is 0.363 e. The fourth-order valence-corrected chi connectivity index (χ4v) is 4.38. The summed E-state index contributed by atoms with van der Waals surface area (Å²) in [6.45, 7) is 0. The monoisotopic (exact) mass is 444 g/mol. The highest BCUT2D eigenvalue weighted by molar-refractivity contribution is 7.21. The number of rotatable bonds is 5. The maximum absolute atomic E-state index is 12.3. The van der Waals surface area contributed by atoms with Gasteiger partial charge in [0, 0.05) is 22.2 Å². The quantitative estimate of drug-likeness (QED) is 0.242. The molecule has 152 valence electrons. The maximum atomic E-state index is 12.3. The summed E-state index contributed by atoms with van der Waals surface area (Å²) in [7, 11) is 3.05. The van der Waals surface area contributed by atoms with E-state index in [2.05, 4.69) is 4.99 Å². The summed E-state index contributed by atoms with van der Waals surface area (Å²) in [5, 5.41) is 11.9. The minimum Gasteiger partial charge on any atom is -0.493 e. The number of esters is 1. The highest BCUT2D eigenvalue weighted by Gasteiger charge is 2.28. The Hall–Kier alpha value is -3.43. The summed E-state index contributed by atoms with van der Waals surface area (Å²) < 4.78 is 16.4. The summed E-state index contributed by atoms with van der Waals surface area (Å²) in [5.74, 6) is 0.500. The zero-order chi connectivity index (χ0) is 21.4. The molecule has 0 radical (unpaired) electrons. The molecule has 0 bridgehead atoms. The minimum absolute atomic E-state index is 0.0497. The van der Waals surface area contributed by atoms with E-state index in [9.17, 15) is 14.9 Å². The van der Waals surface area contributed by atoms with E-state index in [4.69, 9.17) is 25.8 Å². The van der Waals surface area contributed by atoms with Gasteiger partial charge >= 0.3 is 5.97 Å². The molecule has 0 unspecified atom stereocenters. The average Bonchev–Trinajstić information content (AvgIpc) is 3.27. The molecule has 2 heterocycles. The first-order valence-electron chi connectivity index (χ1n) is 8.52. The second kappa shape index (κ2) is 7.77. The van der Waals surface area contributed by atoms with Gasteiger partial charge in [-0.25, -0.2) is 9.79 Å². The number of halogens is 1. The molecule has 1 aliphatic rings. The Balaban J connectivity index is 1.72. The highest BCUT2D eigenvalue weighted by atomic mass is 35.5. The first kappa shape index (κ1) is 19.9. The lowest BCUT2D eigenvalue weighted by Gasteiger charge is -2.07. The van der Waals surface area contributed by atoms with Crippen LogP contribution in [-0.4, -0.2) is 31.0 Å². The van der Waals surface area contributed by atoms with Crippen molar-refractivity contribution in [3.8, 4) is 11.5 Å². The number of hydrogen-bond donors (Lipinski definition) is 0. The van der Waals surface area contributed by atoms with Gasteiger partial charge in [-0.05, 0) is 29.8 Å². The molecule has 0 N–H and O–H groups in total. The largest absolute Gasteiger partial charge is 0.493 e. The number of aliphatic imine (C=N–C) groups is 1. The Morgan fingerprint density at radius 2 is 1.93 bits per heavy atom. The fourth-order valence-electron chi connectivity index (χ4n) is 2.91. The summed E-state index contributed by atoms with van der Waals surface area (Å²) in [5.41, 5.74) is 0.714. The van der Waals surface area contributed by atoms with Gasteiger partial charge in [-0.15, -0.1) is 11.3 Å². The lowest BCUT2D eigenvalue weighted by Crippen LogP contribution is -2.04. The van der Waals surface area contributed by atoms with Crippen LogP contribution < -0.4 is 9.47 Å². The van der Waals surface area contributed by atoms with E-state index in [1.165, 1.54) is 37.7 Å². The van der Waals surface area contributed by atoms with Crippen LogP contribution in [-0.2, 0) is 9.53 Å². The Bertz CT molecular complexity index is 1260. The maximum Gasteiger partial charge on any atom is 0.363 e. The number of nitro benzene ring substituents is 1. The summed E-state index contributed by atoms with van der Waals surface area (Å²) in [6.07, 6.45) is 1.56. The summed E-state index contributed by atoms with van der Waals surface area (Å²) in [4.78, 5) is 27.5.